The molecule has 2 aromatic carbocycles. The largest absolute Gasteiger partial charge is 0.496 e. The molecule has 5 heterocycles. The fourth-order valence-corrected chi connectivity index (χ4v) is 7.59. The molecule has 41 heavy (non-hydrogen) atoms. The predicted molar refractivity (Wildman–Crippen MR) is 140 cm³/mol. The molecule has 4 saturated heterocycles. The van der Waals surface area contributed by atoms with Gasteiger partial charge >= 0.3 is 6.18 Å². The third-order valence-electron chi connectivity index (χ3n) is 8.37. The quantitative estimate of drug-likeness (QED) is 0.413. The fraction of sp³-hybridized carbons (Fsp3) is 0.444. The van der Waals surface area contributed by atoms with Crippen LogP contribution in [0.2, 0.25) is 0 Å². The van der Waals surface area contributed by atoms with E-state index >= 15 is 0 Å². The summed E-state index contributed by atoms with van der Waals surface area (Å²) in [5, 5.41) is 6.00. The smallest absolute Gasteiger partial charge is 0.417 e. The number of amides is 2. The maximum atomic E-state index is 14.3. The molecule has 2 atom stereocenters. The minimum atomic E-state index is -4.55. The van der Waals surface area contributed by atoms with Crippen molar-refractivity contribution in [3.05, 3.63) is 47.3 Å². The van der Waals surface area contributed by atoms with E-state index < -0.39 is 47.8 Å². The number of benzene rings is 2. The van der Waals surface area contributed by atoms with Crippen molar-refractivity contribution in [2.24, 2.45) is 0 Å². The van der Waals surface area contributed by atoms with Gasteiger partial charge in [0.2, 0.25) is 0 Å². The first-order chi connectivity index (χ1) is 19.5. The van der Waals surface area contributed by atoms with Crippen LogP contribution in [0.3, 0.4) is 0 Å². The minimum absolute atomic E-state index is 0.102. The van der Waals surface area contributed by atoms with Crippen LogP contribution in [0.4, 0.5) is 28.4 Å². The Hall–Kier alpha value is -3.49. The van der Waals surface area contributed by atoms with Crippen LogP contribution in [-0.4, -0.2) is 73.1 Å². The molecule has 8 rings (SSSR count). The average Bonchev–Trinajstić information content (AvgIpc) is 3.60. The molecule has 9 nitrogen and oxygen atoms in total. The van der Waals surface area contributed by atoms with Crippen molar-refractivity contribution in [1.82, 2.24) is 10.3 Å². The molecule has 1 aliphatic carbocycles. The molecule has 5 fully saturated rings. The minimum Gasteiger partial charge on any atom is -0.496 e. The SMILES string of the molecule is COc1ccc2nc(N3C4COCC3C4)sc2c1C(=O)Nc1cc(F)ccc1C(=O)NC12COC(C(F)(F)F)(C1)C2. The van der Waals surface area contributed by atoms with Gasteiger partial charge in [-0.1, -0.05) is 11.3 Å². The summed E-state index contributed by atoms with van der Waals surface area (Å²) in [5.74, 6) is -1.86. The van der Waals surface area contributed by atoms with E-state index in [0.717, 1.165) is 23.7 Å². The lowest BCUT2D eigenvalue weighted by molar-refractivity contribution is -0.273. The number of thiazole rings is 1. The summed E-state index contributed by atoms with van der Waals surface area (Å²) in [5.41, 5.74) is -2.93. The van der Waals surface area contributed by atoms with Crippen molar-refractivity contribution in [3.63, 3.8) is 0 Å². The van der Waals surface area contributed by atoms with E-state index in [2.05, 4.69) is 15.5 Å². The van der Waals surface area contributed by atoms with Crippen molar-refractivity contribution in [2.75, 3.05) is 37.1 Å². The van der Waals surface area contributed by atoms with Crippen LogP contribution in [-0.2, 0) is 9.47 Å². The Bertz CT molecular complexity index is 1570. The van der Waals surface area contributed by atoms with Gasteiger partial charge < -0.3 is 29.7 Å². The first kappa shape index (κ1) is 26.4. The van der Waals surface area contributed by atoms with Gasteiger partial charge in [0.05, 0.1) is 66.0 Å². The fourth-order valence-electron chi connectivity index (χ4n) is 6.35. The molecule has 1 aromatic heterocycles. The lowest BCUT2D eigenvalue weighted by Gasteiger charge is -2.52. The number of ether oxygens (including phenoxy) is 3. The summed E-state index contributed by atoms with van der Waals surface area (Å²) in [6.45, 7) is 0.926. The molecular formula is C27H24F4N4O5S. The molecule has 2 N–H and O–H groups in total. The second-order valence-corrected chi connectivity index (χ2v) is 12.0. The molecule has 5 aliphatic rings. The summed E-state index contributed by atoms with van der Waals surface area (Å²) < 4.78 is 71.0. The number of hydrogen-bond acceptors (Lipinski definition) is 8. The highest BCUT2D eigenvalue weighted by atomic mass is 32.1. The number of rotatable bonds is 6. The molecule has 2 amide bonds. The molecule has 0 spiro atoms. The van der Waals surface area contributed by atoms with Gasteiger partial charge in [-0.05, 0) is 36.8 Å². The Balaban J connectivity index is 1.17. The molecule has 4 aliphatic heterocycles. The zero-order valence-corrected chi connectivity index (χ0v) is 22.5. The standard InChI is InChI=1S/C27H24F4N4O5S/c1-38-19-5-4-17-21(41-24(33-17)35-14-7-15(35)9-39-8-14)20(19)23(37)32-18-6-13(28)2-3-16(18)22(36)34-25-10-26(11-25,40-12-25)27(29,30)31/h2-6,14-15H,7-12H2,1H3,(H,32,37)(H,34,36). The average molecular weight is 593 g/mol. The Morgan fingerprint density at radius 3 is 2.56 bits per heavy atom. The summed E-state index contributed by atoms with van der Waals surface area (Å²) in [6, 6.07) is 7.02. The van der Waals surface area contributed by atoms with Crippen LogP contribution in [0.5, 0.6) is 5.75 Å². The Morgan fingerprint density at radius 1 is 1.15 bits per heavy atom. The van der Waals surface area contributed by atoms with E-state index in [0.29, 0.717) is 23.4 Å². The topological polar surface area (TPSA) is 102 Å². The van der Waals surface area contributed by atoms with E-state index in [1.165, 1.54) is 24.5 Å². The maximum Gasteiger partial charge on any atom is 0.417 e. The van der Waals surface area contributed by atoms with Gasteiger partial charge in [-0.2, -0.15) is 13.2 Å². The van der Waals surface area contributed by atoms with Crippen molar-refractivity contribution < 1.29 is 41.4 Å². The first-order valence-electron chi connectivity index (χ1n) is 13.0. The van der Waals surface area contributed by atoms with Gasteiger partial charge in [0.25, 0.3) is 11.8 Å². The van der Waals surface area contributed by atoms with Gasteiger partial charge in [-0.25, -0.2) is 9.37 Å². The second-order valence-electron chi connectivity index (χ2n) is 11.0. The van der Waals surface area contributed by atoms with Gasteiger partial charge in [0, 0.05) is 12.8 Å². The number of nitrogens with zero attached hydrogens (tertiary/aromatic N) is 2. The van der Waals surface area contributed by atoms with Crippen molar-refractivity contribution >= 4 is 44.2 Å². The molecule has 216 valence electrons. The summed E-state index contributed by atoms with van der Waals surface area (Å²) in [6.07, 6.45) is -4.35. The Labute approximate surface area is 234 Å². The highest BCUT2D eigenvalue weighted by Crippen LogP contribution is 2.59. The monoisotopic (exact) mass is 592 g/mol. The molecule has 3 aromatic rings. The van der Waals surface area contributed by atoms with Crippen LogP contribution in [0.25, 0.3) is 10.2 Å². The summed E-state index contributed by atoms with van der Waals surface area (Å²) >= 11 is 1.33. The van der Waals surface area contributed by atoms with E-state index in [9.17, 15) is 27.2 Å². The zero-order chi connectivity index (χ0) is 28.7. The third-order valence-corrected chi connectivity index (χ3v) is 9.47. The normalized spacial score (nSPS) is 28.2. The lowest BCUT2D eigenvalue weighted by Crippen LogP contribution is -2.64. The number of hydrogen-bond donors (Lipinski definition) is 2. The number of anilines is 2. The number of nitrogens with one attached hydrogen (secondary N) is 2. The van der Waals surface area contributed by atoms with Gasteiger partial charge in [-0.15, -0.1) is 0 Å². The van der Waals surface area contributed by atoms with E-state index in [-0.39, 0.29) is 41.3 Å². The number of carbonyl (C=O) groups excluding carboxylic acids is 2. The predicted octanol–water partition coefficient (Wildman–Crippen LogP) is 4.27. The Morgan fingerprint density at radius 2 is 1.90 bits per heavy atom. The van der Waals surface area contributed by atoms with Gasteiger partial charge in [-0.3, -0.25) is 9.59 Å². The number of methoxy groups -OCH3 is 1. The van der Waals surface area contributed by atoms with Crippen LogP contribution in [0.1, 0.15) is 40.0 Å². The number of fused-ring (bicyclic) bond motifs is 4. The van der Waals surface area contributed by atoms with Crippen LogP contribution >= 0.6 is 11.3 Å². The second kappa shape index (κ2) is 9.00. The summed E-state index contributed by atoms with van der Waals surface area (Å²) in [7, 11) is 1.42. The van der Waals surface area contributed by atoms with Crippen molar-refractivity contribution in [3.8, 4) is 5.75 Å². The summed E-state index contributed by atoms with van der Waals surface area (Å²) in [4.78, 5) is 33.8. The van der Waals surface area contributed by atoms with Crippen molar-refractivity contribution in [2.45, 2.75) is 48.7 Å². The highest BCUT2D eigenvalue weighted by Gasteiger charge is 2.74. The molecule has 4 bridgehead atoms. The third kappa shape index (κ3) is 4.06. The van der Waals surface area contributed by atoms with E-state index in [4.69, 9.17) is 19.2 Å². The highest BCUT2D eigenvalue weighted by molar-refractivity contribution is 7.22. The molecule has 14 heteroatoms. The van der Waals surface area contributed by atoms with Gasteiger partial charge in [0.1, 0.15) is 17.1 Å². The number of alkyl halides is 3. The van der Waals surface area contributed by atoms with Crippen LogP contribution < -0.4 is 20.3 Å². The van der Waals surface area contributed by atoms with E-state index in [1.807, 2.05) is 0 Å². The number of aromatic nitrogens is 1. The zero-order valence-electron chi connectivity index (χ0n) is 21.6. The molecule has 0 radical (unpaired) electrons. The molecular weight excluding hydrogens is 568 g/mol. The van der Waals surface area contributed by atoms with Crippen LogP contribution in [0, 0.1) is 5.82 Å². The number of halogens is 4. The van der Waals surface area contributed by atoms with Crippen LogP contribution in [0.15, 0.2) is 30.3 Å². The molecule has 2 unspecified atom stereocenters. The van der Waals surface area contributed by atoms with Crippen molar-refractivity contribution in [1.29, 1.82) is 0 Å². The maximum absolute atomic E-state index is 14.3. The van der Waals surface area contributed by atoms with Gasteiger partial charge in [0.15, 0.2) is 10.7 Å². The molecule has 1 saturated carbocycles. The number of morpholine rings is 1. The number of carbonyl (C=O) groups is 2. The Kier molecular flexibility index (Phi) is 5.80. The lowest BCUT2D eigenvalue weighted by atomic mass is 9.68. The first-order valence-corrected chi connectivity index (χ1v) is 13.8. The van der Waals surface area contributed by atoms with E-state index in [1.54, 1.807) is 12.1 Å².